The summed E-state index contributed by atoms with van der Waals surface area (Å²) >= 11 is 2.12. The van der Waals surface area contributed by atoms with Gasteiger partial charge in [0.05, 0.1) is 0 Å². The summed E-state index contributed by atoms with van der Waals surface area (Å²) in [5.74, 6) is 0. The predicted octanol–water partition coefficient (Wildman–Crippen LogP) is 3.52. The molecule has 0 heterocycles. The molecule has 3 heteroatoms. The Balaban J connectivity index is 3.98. The van der Waals surface area contributed by atoms with Gasteiger partial charge >= 0.3 is 0 Å². The molecular formula is C6H14IOP. The number of rotatable bonds is 3. The molecule has 0 aromatic carbocycles. The van der Waals surface area contributed by atoms with E-state index in [1.807, 2.05) is 6.92 Å². The van der Waals surface area contributed by atoms with Gasteiger partial charge in [0.2, 0.25) is 0 Å². The Labute approximate surface area is 70.5 Å². The van der Waals surface area contributed by atoms with Gasteiger partial charge in [0.1, 0.15) is 4.78 Å². The van der Waals surface area contributed by atoms with Crippen molar-refractivity contribution in [3.8, 4) is 0 Å². The van der Waals surface area contributed by atoms with E-state index in [1.54, 1.807) is 0 Å². The van der Waals surface area contributed by atoms with Crippen LogP contribution < -0.4 is 0 Å². The van der Waals surface area contributed by atoms with Gasteiger partial charge < -0.3 is 4.57 Å². The first-order valence-corrected chi connectivity index (χ1v) is 8.07. The number of halogens is 1. The van der Waals surface area contributed by atoms with E-state index in [1.165, 1.54) is 0 Å². The molecule has 0 saturated carbocycles. The highest BCUT2D eigenvalue weighted by molar-refractivity contribution is 14.2. The average molecular weight is 260 g/mol. The van der Waals surface area contributed by atoms with Crippen molar-refractivity contribution in [2.45, 2.75) is 32.9 Å². The van der Waals surface area contributed by atoms with E-state index in [4.69, 9.17) is 0 Å². The van der Waals surface area contributed by atoms with Gasteiger partial charge in [-0.25, -0.2) is 0 Å². The van der Waals surface area contributed by atoms with Crippen LogP contribution in [0.25, 0.3) is 0 Å². The second-order valence-corrected chi connectivity index (χ2v) is 10.1. The van der Waals surface area contributed by atoms with Gasteiger partial charge in [-0.3, -0.25) is 0 Å². The van der Waals surface area contributed by atoms with Gasteiger partial charge in [-0.1, -0.05) is 20.8 Å². The lowest BCUT2D eigenvalue weighted by Gasteiger charge is -2.14. The minimum atomic E-state index is -1.79. The molecule has 0 aliphatic rings. The fourth-order valence-corrected chi connectivity index (χ4v) is 2.93. The Morgan fingerprint density at radius 2 is 2.00 bits per heavy atom. The van der Waals surface area contributed by atoms with Crippen LogP contribution in [0.4, 0.5) is 0 Å². The predicted molar refractivity (Wildman–Crippen MR) is 51.9 cm³/mol. The van der Waals surface area contributed by atoms with Crippen LogP contribution in [0.1, 0.15) is 27.2 Å². The monoisotopic (exact) mass is 260 g/mol. The molecule has 2 unspecified atom stereocenters. The maximum absolute atomic E-state index is 11.5. The van der Waals surface area contributed by atoms with Crippen molar-refractivity contribution in [3.05, 3.63) is 0 Å². The molecule has 0 saturated heterocycles. The lowest BCUT2D eigenvalue weighted by Crippen LogP contribution is -1.97. The van der Waals surface area contributed by atoms with E-state index >= 15 is 0 Å². The van der Waals surface area contributed by atoms with Crippen LogP contribution >= 0.6 is 26.8 Å². The highest BCUT2D eigenvalue weighted by Crippen LogP contribution is 2.59. The van der Waals surface area contributed by atoms with E-state index in [-0.39, 0.29) is 0 Å². The van der Waals surface area contributed by atoms with Crippen molar-refractivity contribution in [3.63, 3.8) is 0 Å². The molecule has 56 valence electrons. The summed E-state index contributed by atoms with van der Waals surface area (Å²) in [4.78, 5) is -1.79. The first-order chi connectivity index (χ1) is 4.04. The van der Waals surface area contributed by atoms with Gasteiger partial charge in [0, 0.05) is 11.8 Å². The molecule has 0 amide bonds. The summed E-state index contributed by atoms with van der Waals surface area (Å²) < 4.78 is 11.5. The fourth-order valence-electron chi connectivity index (χ4n) is 0.584. The molecular weight excluding hydrogens is 246 g/mol. The first kappa shape index (κ1) is 9.96. The van der Waals surface area contributed by atoms with Crippen molar-refractivity contribution < 1.29 is 4.57 Å². The molecule has 0 N–H and O–H groups in total. The van der Waals surface area contributed by atoms with E-state index in [0.717, 1.165) is 12.6 Å². The molecule has 0 aliphatic heterocycles. The second-order valence-electron chi connectivity index (χ2n) is 2.28. The smallest absolute Gasteiger partial charge is 0.145 e. The molecule has 0 rings (SSSR count). The first-order valence-electron chi connectivity index (χ1n) is 3.33. The van der Waals surface area contributed by atoms with Crippen LogP contribution in [-0.2, 0) is 4.57 Å². The highest BCUT2D eigenvalue weighted by atomic mass is 127. The molecule has 0 bridgehead atoms. The van der Waals surface area contributed by atoms with Crippen LogP contribution in [0.5, 0.6) is 0 Å². The Hall–Kier alpha value is 0.960. The summed E-state index contributed by atoms with van der Waals surface area (Å²) in [6, 6.07) is 0. The summed E-state index contributed by atoms with van der Waals surface area (Å²) in [5, 5.41) is 0. The Morgan fingerprint density at radius 1 is 1.56 bits per heavy atom. The van der Waals surface area contributed by atoms with E-state index < -0.39 is 4.78 Å². The third kappa shape index (κ3) is 3.03. The quantitative estimate of drug-likeness (QED) is 0.560. The summed E-state index contributed by atoms with van der Waals surface area (Å²) in [7, 11) is 0. The molecule has 0 fully saturated rings. The van der Waals surface area contributed by atoms with Crippen LogP contribution in [0.2, 0.25) is 0 Å². The summed E-state index contributed by atoms with van der Waals surface area (Å²) in [6.07, 6.45) is 1.87. The van der Waals surface area contributed by atoms with Gasteiger partial charge in [0.25, 0.3) is 0 Å². The van der Waals surface area contributed by atoms with Crippen molar-refractivity contribution in [1.29, 1.82) is 0 Å². The molecule has 9 heavy (non-hydrogen) atoms. The SMILES string of the molecule is CCC(C)P(=O)(I)CC. The standard InChI is InChI=1S/C6H14IOP/c1-4-6(3)9(7,8)5-2/h6H,4-5H2,1-3H3. The average Bonchev–Trinajstić information content (AvgIpc) is 1.86. The minimum absolute atomic E-state index is 0.406. The third-order valence-electron chi connectivity index (χ3n) is 1.68. The molecule has 0 radical (unpaired) electrons. The van der Waals surface area contributed by atoms with Gasteiger partial charge in [-0.2, -0.15) is 0 Å². The van der Waals surface area contributed by atoms with Gasteiger partial charge in [-0.05, 0) is 28.5 Å². The maximum Gasteiger partial charge on any atom is 0.145 e. The van der Waals surface area contributed by atoms with Gasteiger partial charge in [0.15, 0.2) is 0 Å². The summed E-state index contributed by atoms with van der Waals surface area (Å²) in [6.45, 7) is 6.15. The number of hydrogen-bond acceptors (Lipinski definition) is 1. The Morgan fingerprint density at radius 3 is 2.11 bits per heavy atom. The fraction of sp³-hybridized carbons (Fsp3) is 1.00. The van der Waals surface area contributed by atoms with E-state index in [2.05, 4.69) is 35.9 Å². The van der Waals surface area contributed by atoms with Crippen molar-refractivity contribution >= 4 is 26.8 Å². The topological polar surface area (TPSA) is 17.1 Å². The zero-order valence-corrected chi connectivity index (χ0v) is 9.28. The lowest BCUT2D eigenvalue weighted by molar-refractivity contribution is 0.578. The zero-order chi connectivity index (χ0) is 7.49. The molecule has 0 aromatic heterocycles. The van der Waals surface area contributed by atoms with Crippen LogP contribution in [0.3, 0.4) is 0 Å². The third-order valence-corrected chi connectivity index (χ3v) is 9.12. The zero-order valence-electron chi connectivity index (χ0n) is 6.22. The summed E-state index contributed by atoms with van der Waals surface area (Å²) in [5.41, 5.74) is 0.406. The van der Waals surface area contributed by atoms with Crippen molar-refractivity contribution in [2.24, 2.45) is 0 Å². The maximum atomic E-state index is 11.5. The highest BCUT2D eigenvalue weighted by Gasteiger charge is 2.21. The molecule has 0 spiro atoms. The minimum Gasteiger partial charge on any atom is -0.312 e. The largest absolute Gasteiger partial charge is 0.312 e. The second kappa shape index (κ2) is 3.97. The van der Waals surface area contributed by atoms with Crippen molar-refractivity contribution in [2.75, 3.05) is 6.16 Å². The Kier molecular flexibility index (Phi) is 4.39. The molecule has 1 nitrogen and oxygen atoms in total. The van der Waals surface area contributed by atoms with Gasteiger partial charge in [-0.15, -0.1) is 0 Å². The van der Waals surface area contributed by atoms with E-state index in [9.17, 15) is 4.57 Å². The van der Waals surface area contributed by atoms with E-state index in [0.29, 0.717) is 5.66 Å². The Bertz CT molecular complexity index is 124. The van der Waals surface area contributed by atoms with Crippen molar-refractivity contribution in [1.82, 2.24) is 0 Å². The number of hydrogen-bond donors (Lipinski definition) is 0. The van der Waals surface area contributed by atoms with Crippen LogP contribution in [0.15, 0.2) is 0 Å². The molecule has 0 aliphatic carbocycles. The lowest BCUT2D eigenvalue weighted by atomic mass is 10.4. The van der Waals surface area contributed by atoms with Crippen LogP contribution in [-0.4, -0.2) is 11.8 Å². The molecule has 0 aromatic rings. The normalized spacial score (nSPS) is 20.9. The van der Waals surface area contributed by atoms with Crippen LogP contribution in [0, 0.1) is 0 Å². The molecule has 2 atom stereocenters.